The van der Waals surface area contributed by atoms with Crippen LogP contribution in [0.25, 0.3) is 0 Å². The summed E-state index contributed by atoms with van der Waals surface area (Å²) in [5, 5.41) is 2.93. The standard InChI is InChI=1S/C21H34N4O5S2/c1-21(2,3)22-20(26)17-23-11-6-14-25(16-15-23)32(29,30)19-9-7-18(8-10-19)31(27,28)24-12-4-5-13-24/h7-10H,4-6,11-17H2,1-3H3,(H,22,26). The molecule has 0 unspecified atom stereocenters. The van der Waals surface area contributed by atoms with Crippen LogP contribution in [0.3, 0.4) is 0 Å². The molecule has 0 aromatic heterocycles. The second-order valence-electron chi connectivity index (χ2n) is 9.41. The largest absolute Gasteiger partial charge is 0.350 e. The Morgan fingerprint density at radius 2 is 1.25 bits per heavy atom. The summed E-state index contributed by atoms with van der Waals surface area (Å²) in [4.78, 5) is 14.4. The zero-order chi connectivity index (χ0) is 23.6. The van der Waals surface area contributed by atoms with Gasteiger partial charge in [0.1, 0.15) is 0 Å². The van der Waals surface area contributed by atoms with E-state index in [0.717, 1.165) is 12.8 Å². The molecule has 1 N–H and O–H groups in total. The van der Waals surface area contributed by atoms with E-state index in [1.54, 1.807) is 0 Å². The second kappa shape index (κ2) is 9.76. The number of nitrogens with zero attached hydrogens (tertiary/aromatic N) is 3. The predicted molar refractivity (Wildman–Crippen MR) is 122 cm³/mol. The molecule has 0 atom stereocenters. The number of hydrogen-bond acceptors (Lipinski definition) is 6. The minimum absolute atomic E-state index is 0.0800. The third-order valence-electron chi connectivity index (χ3n) is 5.59. The maximum absolute atomic E-state index is 13.1. The Hall–Kier alpha value is -1.53. The lowest BCUT2D eigenvalue weighted by atomic mass is 10.1. The monoisotopic (exact) mass is 486 g/mol. The summed E-state index contributed by atoms with van der Waals surface area (Å²) in [6.07, 6.45) is 2.30. The predicted octanol–water partition coefficient (Wildman–Crippen LogP) is 1.08. The van der Waals surface area contributed by atoms with Crippen molar-refractivity contribution in [2.75, 3.05) is 45.8 Å². The van der Waals surface area contributed by atoms with Gasteiger partial charge >= 0.3 is 0 Å². The molecule has 3 rings (SSSR count). The minimum atomic E-state index is -3.75. The third-order valence-corrected chi connectivity index (χ3v) is 9.42. The average Bonchev–Trinajstić information content (AvgIpc) is 3.15. The Kier molecular flexibility index (Phi) is 7.66. The highest BCUT2D eigenvalue weighted by atomic mass is 32.2. The molecule has 0 saturated carbocycles. The molecule has 2 heterocycles. The Bertz CT molecular complexity index is 1010. The zero-order valence-corrected chi connectivity index (χ0v) is 20.7. The Labute approximate surface area is 191 Å². The van der Waals surface area contributed by atoms with E-state index < -0.39 is 20.0 Å². The van der Waals surface area contributed by atoms with Gasteiger partial charge in [0.15, 0.2) is 0 Å². The SMILES string of the molecule is CC(C)(C)NC(=O)CN1CCCN(S(=O)(=O)c2ccc(S(=O)(=O)N3CCCC3)cc2)CC1. The summed E-state index contributed by atoms with van der Waals surface area (Å²) >= 11 is 0. The van der Waals surface area contributed by atoms with Gasteiger partial charge < -0.3 is 5.32 Å². The summed E-state index contributed by atoms with van der Waals surface area (Å²) in [5.74, 6) is -0.0800. The Balaban J connectivity index is 1.65. The van der Waals surface area contributed by atoms with Crippen molar-refractivity contribution in [1.29, 1.82) is 0 Å². The fourth-order valence-electron chi connectivity index (χ4n) is 4.02. The summed E-state index contributed by atoms with van der Waals surface area (Å²) < 4.78 is 54.5. The molecule has 1 aromatic rings. The second-order valence-corrected chi connectivity index (χ2v) is 13.3. The normalized spacial score (nSPS) is 20.2. The van der Waals surface area contributed by atoms with Crippen LogP contribution in [0.2, 0.25) is 0 Å². The molecular weight excluding hydrogens is 452 g/mol. The van der Waals surface area contributed by atoms with Crippen molar-refractivity contribution < 1.29 is 21.6 Å². The van der Waals surface area contributed by atoms with Gasteiger partial charge in [0.2, 0.25) is 26.0 Å². The van der Waals surface area contributed by atoms with Crippen LogP contribution in [0, 0.1) is 0 Å². The van der Waals surface area contributed by atoms with Crippen LogP contribution >= 0.6 is 0 Å². The molecule has 1 aromatic carbocycles. The zero-order valence-electron chi connectivity index (χ0n) is 19.1. The van der Waals surface area contributed by atoms with Gasteiger partial charge in [-0.1, -0.05) is 0 Å². The maximum atomic E-state index is 13.1. The van der Waals surface area contributed by atoms with Crippen molar-refractivity contribution in [3.8, 4) is 0 Å². The van der Waals surface area contributed by atoms with Gasteiger partial charge in [0.25, 0.3) is 0 Å². The van der Waals surface area contributed by atoms with Crippen molar-refractivity contribution in [1.82, 2.24) is 18.8 Å². The van der Waals surface area contributed by atoms with Crippen LogP contribution < -0.4 is 5.32 Å². The molecule has 2 saturated heterocycles. The Morgan fingerprint density at radius 1 is 0.781 bits per heavy atom. The van der Waals surface area contributed by atoms with Gasteiger partial charge in [-0.3, -0.25) is 9.69 Å². The first-order chi connectivity index (χ1) is 14.9. The molecule has 2 aliphatic heterocycles. The lowest BCUT2D eigenvalue weighted by Crippen LogP contribution is -2.46. The van der Waals surface area contributed by atoms with Crippen molar-refractivity contribution in [3.63, 3.8) is 0 Å². The van der Waals surface area contributed by atoms with Crippen molar-refractivity contribution in [2.24, 2.45) is 0 Å². The molecule has 180 valence electrons. The van der Waals surface area contributed by atoms with Crippen molar-refractivity contribution in [2.45, 2.75) is 55.4 Å². The first-order valence-corrected chi connectivity index (χ1v) is 13.9. The van der Waals surface area contributed by atoms with E-state index in [1.807, 2.05) is 25.7 Å². The smallest absolute Gasteiger partial charge is 0.243 e. The summed E-state index contributed by atoms with van der Waals surface area (Å²) in [6, 6.07) is 5.50. The topological polar surface area (TPSA) is 107 Å². The first-order valence-electron chi connectivity index (χ1n) is 11.0. The van der Waals surface area contributed by atoms with E-state index in [4.69, 9.17) is 0 Å². The molecule has 2 aliphatic rings. The summed E-state index contributed by atoms with van der Waals surface area (Å²) in [6.45, 7) is 8.71. The van der Waals surface area contributed by atoms with Crippen LogP contribution in [0.1, 0.15) is 40.0 Å². The van der Waals surface area contributed by atoms with Gasteiger partial charge in [-0.25, -0.2) is 16.8 Å². The number of carbonyl (C=O) groups is 1. The molecule has 32 heavy (non-hydrogen) atoms. The van der Waals surface area contributed by atoms with Gasteiger partial charge in [0.05, 0.1) is 16.3 Å². The number of hydrogen-bond donors (Lipinski definition) is 1. The number of carbonyl (C=O) groups excluding carboxylic acids is 1. The first kappa shape index (κ1) is 25.1. The minimum Gasteiger partial charge on any atom is -0.350 e. The van der Waals surface area contributed by atoms with Crippen LogP contribution in [-0.4, -0.2) is 87.6 Å². The molecule has 11 heteroatoms. The van der Waals surface area contributed by atoms with E-state index >= 15 is 0 Å². The molecule has 9 nitrogen and oxygen atoms in total. The number of benzene rings is 1. The van der Waals surface area contributed by atoms with Gasteiger partial charge in [-0.05, 0) is 70.8 Å². The highest BCUT2D eigenvalue weighted by Gasteiger charge is 2.30. The third kappa shape index (κ3) is 6.07. The molecule has 0 aliphatic carbocycles. The van der Waals surface area contributed by atoms with Crippen molar-refractivity contribution >= 4 is 26.0 Å². The highest BCUT2D eigenvalue weighted by Crippen LogP contribution is 2.24. The molecule has 0 bridgehead atoms. The molecule has 0 spiro atoms. The highest BCUT2D eigenvalue weighted by molar-refractivity contribution is 7.89. The molecular formula is C21H34N4O5S2. The van der Waals surface area contributed by atoms with E-state index in [0.29, 0.717) is 39.1 Å². The number of sulfonamides is 2. The lowest BCUT2D eigenvalue weighted by molar-refractivity contribution is -0.123. The van der Waals surface area contributed by atoms with Gasteiger partial charge in [-0.15, -0.1) is 0 Å². The van der Waals surface area contributed by atoms with E-state index in [1.165, 1.54) is 32.9 Å². The lowest BCUT2D eigenvalue weighted by Gasteiger charge is -2.25. The maximum Gasteiger partial charge on any atom is 0.243 e. The van der Waals surface area contributed by atoms with Crippen LogP contribution in [0.4, 0.5) is 0 Å². The Morgan fingerprint density at radius 3 is 1.75 bits per heavy atom. The van der Waals surface area contributed by atoms with Gasteiger partial charge in [-0.2, -0.15) is 8.61 Å². The van der Waals surface area contributed by atoms with Crippen LogP contribution in [0.15, 0.2) is 34.1 Å². The van der Waals surface area contributed by atoms with Crippen LogP contribution in [0.5, 0.6) is 0 Å². The quantitative estimate of drug-likeness (QED) is 0.645. The number of rotatable bonds is 6. The van der Waals surface area contributed by atoms with Gasteiger partial charge in [0, 0.05) is 38.3 Å². The van der Waals surface area contributed by atoms with Crippen molar-refractivity contribution in [3.05, 3.63) is 24.3 Å². The van der Waals surface area contributed by atoms with E-state index in [-0.39, 0.29) is 34.3 Å². The van der Waals surface area contributed by atoms with E-state index in [2.05, 4.69) is 5.32 Å². The van der Waals surface area contributed by atoms with E-state index in [9.17, 15) is 21.6 Å². The molecule has 1 amide bonds. The average molecular weight is 487 g/mol. The summed E-state index contributed by atoms with van der Waals surface area (Å²) in [5.41, 5.74) is -0.313. The molecule has 2 fully saturated rings. The van der Waals surface area contributed by atoms with Crippen LogP contribution in [-0.2, 0) is 24.8 Å². The fourth-order valence-corrected chi connectivity index (χ4v) is 7.00. The summed E-state index contributed by atoms with van der Waals surface area (Å²) in [7, 11) is -7.33. The fraction of sp³-hybridized carbons (Fsp3) is 0.667. The number of amides is 1. The molecule has 0 radical (unpaired) electrons. The number of nitrogens with one attached hydrogen (secondary N) is 1.